The van der Waals surface area contributed by atoms with Crippen LogP contribution in [0.5, 0.6) is 0 Å². The van der Waals surface area contributed by atoms with E-state index >= 15 is 0 Å². The van der Waals surface area contributed by atoms with Gasteiger partial charge in [-0.05, 0) is 31.0 Å². The van der Waals surface area contributed by atoms with Gasteiger partial charge in [0.2, 0.25) is 0 Å². The first-order valence-electron chi connectivity index (χ1n) is 7.19. The molecule has 0 spiro atoms. The Hall–Kier alpha value is -1.49. The summed E-state index contributed by atoms with van der Waals surface area (Å²) in [6.45, 7) is 0. The summed E-state index contributed by atoms with van der Waals surface area (Å²) in [5.74, 6) is -0.374. The van der Waals surface area contributed by atoms with Crippen LogP contribution in [0.3, 0.4) is 0 Å². The molecule has 21 heavy (non-hydrogen) atoms. The molecular formula is C16H16BrFN2O. The summed E-state index contributed by atoms with van der Waals surface area (Å²) >= 11 is 3.24. The number of aldehydes is 1. The zero-order valence-electron chi connectivity index (χ0n) is 11.6. The highest BCUT2D eigenvalue weighted by atomic mass is 79.9. The van der Waals surface area contributed by atoms with Crippen molar-refractivity contribution < 1.29 is 9.18 Å². The largest absolute Gasteiger partial charge is 0.298 e. The van der Waals surface area contributed by atoms with Gasteiger partial charge >= 0.3 is 0 Å². The Morgan fingerprint density at radius 2 is 2.05 bits per heavy atom. The van der Waals surface area contributed by atoms with Crippen LogP contribution in [-0.2, 0) is 0 Å². The summed E-state index contributed by atoms with van der Waals surface area (Å²) in [4.78, 5) is 11.3. The third-order valence-corrected chi connectivity index (χ3v) is 4.52. The molecule has 3 nitrogen and oxygen atoms in total. The molecule has 0 N–H and O–H groups in total. The Kier molecular flexibility index (Phi) is 4.19. The Morgan fingerprint density at radius 3 is 2.71 bits per heavy atom. The summed E-state index contributed by atoms with van der Waals surface area (Å²) in [6, 6.07) is 5.13. The van der Waals surface area contributed by atoms with Crippen molar-refractivity contribution in [3.8, 4) is 11.3 Å². The average molecular weight is 351 g/mol. The smallest absolute Gasteiger partial charge is 0.153 e. The maximum Gasteiger partial charge on any atom is 0.153 e. The van der Waals surface area contributed by atoms with Crippen molar-refractivity contribution in [2.24, 2.45) is 0 Å². The van der Waals surface area contributed by atoms with E-state index in [2.05, 4.69) is 21.0 Å². The van der Waals surface area contributed by atoms with E-state index in [1.807, 2.05) is 4.68 Å². The minimum atomic E-state index is -0.374. The van der Waals surface area contributed by atoms with E-state index < -0.39 is 0 Å². The lowest BCUT2D eigenvalue weighted by Gasteiger charge is -2.21. The molecule has 0 aliphatic heterocycles. The summed E-state index contributed by atoms with van der Waals surface area (Å²) in [7, 11) is 0. The fraction of sp³-hybridized carbons (Fsp3) is 0.375. The van der Waals surface area contributed by atoms with Crippen molar-refractivity contribution in [3.05, 3.63) is 40.2 Å². The van der Waals surface area contributed by atoms with Crippen LogP contribution in [0.15, 0.2) is 28.9 Å². The van der Waals surface area contributed by atoms with Gasteiger partial charge in [0.1, 0.15) is 11.5 Å². The number of rotatable bonds is 3. The molecule has 5 heteroatoms. The predicted octanol–water partition coefficient (Wildman–Crippen LogP) is 4.77. The minimum Gasteiger partial charge on any atom is -0.298 e. The van der Waals surface area contributed by atoms with Crippen LogP contribution < -0.4 is 0 Å². The Bertz CT molecular complexity index is 662. The average Bonchev–Trinajstić information content (AvgIpc) is 2.92. The van der Waals surface area contributed by atoms with Crippen LogP contribution in [0, 0.1) is 5.82 Å². The number of halogens is 2. The van der Waals surface area contributed by atoms with Crippen LogP contribution in [0.2, 0.25) is 0 Å². The highest BCUT2D eigenvalue weighted by Gasteiger charge is 2.20. The normalized spacial score (nSPS) is 16.1. The van der Waals surface area contributed by atoms with Crippen molar-refractivity contribution >= 4 is 22.2 Å². The second-order valence-electron chi connectivity index (χ2n) is 5.45. The van der Waals surface area contributed by atoms with Gasteiger partial charge in [-0.25, -0.2) is 4.39 Å². The summed E-state index contributed by atoms with van der Waals surface area (Å²) in [5, 5.41) is 4.50. The van der Waals surface area contributed by atoms with Gasteiger partial charge in [-0.2, -0.15) is 5.10 Å². The molecule has 1 saturated carbocycles. The molecule has 1 aliphatic rings. The second-order valence-corrected chi connectivity index (χ2v) is 6.36. The fourth-order valence-corrected chi connectivity index (χ4v) is 3.25. The number of hydrogen-bond donors (Lipinski definition) is 0. The standard InChI is InChI=1S/C16H16BrFN2O/c17-12-6-7-14(15(18)8-12)16-11(10-21)9-20(19-16)13-4-2-1-3-5-13/h6-10,13H,1-5H2. The maximum atomic E-state index is 14.1. The van der Waals surface area contributed by atoms with E-state index in [0.717, 1.165) is 19.1 Å². The highest BCUT2D eigenvalue weighted by Crippen LogP contribution is 2.31. The predicted molar refractivity (Wildman–Crippen MR) is 82.8 cm³/mol. The number of carbonyl (C=O) groups is 1. The lowest BCUT2D eigenvalue weighted by molar-refractivity contribution is 0.112. The molecule has 1 heterocycles. The van der Waals surface area contributed by atoms with Crippen molar-refractivity contribution in [1.82, 2.24) is 9.78 Å². The number of aromatic nitrogens is 2. The van der Waals surface area contributed by atoms with Crippen LogP contribution in [0.4, 0.5) is 4.39 Å². The van der Waals surface area contributed by atoms with Crippen LogP contribution in [0.1, 0.15) is 48.5 Å². The van der Waals surface area contributed by atoms with E-state index in [1.165, 1.54) is 25.3 Å². The summed E-state index contributed by atoms with van der Waals surface area (Å²) < 4.78 is 16.6. The quantitative estimate of drug-likeness (QED) is 0.747. The summed E-state index contributed by atoms with van der Waals surface area (Å²) in [6.07, 6.45) is 8.27. The highest BCUT2D eigenvalue weighted by molar-refractivity contribution is 9.10. The molecule has 0 bridgehead atoms. The van der Waals surface area contributed by atoms with Gasteiger partial charge in [-0.3, -0.25) is 9.48 Å². The van der Waals surface area contributed by atoms with Gasteiger partial charge in [-0.15, -0.1) is 0 Å². The zero-order chi connectivity index (χ0) is 14.8. The molecular weight excluding hydrogens is 335 g/mol. The first-order chi connectivity index (χ1) is 10.2. The van der Waals surface area contributed by atoms with Crippen LogP contribution in [-0.4, -0.2) is 16.1 Å². The molecule has 110 valence electrons. The van der Waals surface area contributed by atoms with E-state index in [4.69, 9.17) is 0 Å². The first kappa shape index (κ1) is 14.4. The molecule has 0 amide bonds. The van der Waals surface area contributed by atoms with Crippen LogP contribution >= 0.6 is 15.9 Å². The zero-order valence-corrected chi connectivity index (χ0v) is 13.1. The molecule has 1 fully saturated rings. The van der Waals surface area contributed by atoms with Crippen molar-refractivity contribution in [2.45, 2.75) is 38.1 Å². The first-order valence-corrected chi connectivity index (χ1v) is 7.98. The monoisotopic (exact) mass is 350 g/mol. The number of nitrogens with zero attached hydrogens (tertiary/aromatic N) is 2. The Morgan fingerprint density at radius 1 is 1.29 bits per heavy atom. The summed E-state index contributed by atoms with van der Waals surface area (Å²) in [5.41, 5.74) is 1.25. The van der Waals surface area contributed by atoms with E-state index in [0.29, 0.717) is 27.3 Å². The van der Waals surface area contributed by atoms with Gasteiger partial charge < -0.3 is 0 Å². The van der Waals surface area contributed by atoms with Crippen molar-refractivity contribution in [3.63, 3.8) is 0 Å². The topological polar surface area (TPSA) is 34.9 Å². The molecule has 1 aromatic carbocycles. The van der Waals surface area contributed by atoms with Gasteiger partial charge in [0.25, 0.3) is 0 Å². The lowest BCUT2D eigenvalue weighted by Crippen LogP contribution is -2.13. The third-order valence-electron chi connectivity index (χ3n) is 4.02. The Balaban J connectivity index is 2.01. The van der Waals surface area contributed by atoms with Gasteiger partial charge in [0.05, 0.1) is 11.6 Å². The number of carbonyl (C=O) groups excluding carboxylic acids is 1. The third kappa shape index (κ3) is 2.93. The van der Waals surface area contributed by atoms with E-state index in [-0.39, 0.29) is 5.82 Å². The van der Waals surface area contributed by atoms with Gasteiger partial charge in [0.15, 0.2) is 6.29 Å². The number of hydrogen-bond acceptors (Lipinski definition) is 2. The van der Waals surface area contributed by atoms with E-state index in [9.17, 15) is 9.18 Å². The molecule has 0 unspecified atom stereocenters. The fourth-order valence-electron chi connectivity index (χ4n) is 2.92. The maximum absolute atomic E-state index is 14.1. The van der Waals surface area contributed by atoms with Crippen molar-refractivity contribution in [2.75, 3.05) is 0 Å². The van der Waals surface area contributed by atoms with Gasteiger partial charge in [0, 0.05) is 16.2 Å². The van der Waals surface area contributed by atoms with E-state index in [1.54, 1.807) is 18.3 Å². The number of benzene rings is 1. The minimum absolute atomic E-state index is 0.324. The molecule has 2 aromatic rings. The molecule has 1 aromatic heterocycles. The molecule has 1 aliphatic carbocycles. The molecule has 0 saturated heterocycles. The second kappa shape index (κ2) is 6.10. The molecule has 0 radical (unpaired) electrons. The molecule has 3 rings (SSSR count). The SMILES string of the molecule is O=Cc1cn(C2CCCCC2)nc1-c1ccc(Br)cc1F. The van der Waals surface area contributed by atoms with Gasteiger partial charge in [-0.1, -0.05) is 35.2 Å². The van der Waals surface area contributed by atoms with Crippen molar-refractivity contribution in [1.29, 1.82) is 0 Å². The lowest BCUT2D eigenvalue weighted by atomic mass is 9.96. The Labute approximate surface area is 131 Å². The van der Waals surface area contributed by atoms with Crippen LogP contribution in [0.25, 0.3) is 11.3 Å². The molecule has 0 atom stereocenters.